The molecule has 1 aromatic heterocycles. The standard InChI is InChI=1S/C20H26N/c1-4-7-8-13-18(6-3)21-19(11-5-2)16-15-17-12-9-10-14-20(17)21/h5-6,9-12,14-16H,4,7-8,13H2,1-3H3/q+1. The summed E-state index contributed by atoms with van der Waals surface area (Å²) in [7, 11) is 0. The van der Waals surface area contributed by atoms with Crippen LogP contribution in [0.15, 0.2) is 48.6 Å². The lowest BCUT2D eigenvalue weighted by atomic mass is 10.1. The zero-order valence-electron chi connectivity index (χ0n) is 13.5. The molecule has 0 aliphatic rings. The Labute approximate surface area is 128 Å². The molecule has 0 spiro atoms. The van der Waals surface area contributed by atoms with Gasteiger partial charge in [-0.3, -0.25) is 0 Å². The molecule has 0 aliphatic heterocycles. The van der Waals surface area contributed by atoms with Crippen molar-refractivity contribution in [3.05, 3.63) is 54.2 Å². The molecule has 0 aliphatic carbocycles. The number of unbranched alkanes of at least 4 members (excludes halogenated alkanes) is 2. The highest BCUT2D eigenvalue weighted by Gasteiger charge is 2.18. The van der Waals surface area contributed by atoms with Crippen LogP contribution < -0.4 is 4.57 Å². The van der Waals surface area contributed by atoms with E-state index in [-0.39, 0.29) is 0 Å². The van der Waals surface area contributed by atoms with E-state index in [4.69, 9.17) is 0 Å². The number of nitrogens with zero attached hydrogens (tertiary/aromatic N) is 1. The third-order valence-electron chi connectivity index (χ3n) is 3.86. The number of para-hydroxylation sites is 1. The summed E-state index contributed by atoms with van der Waals surface area (Å²) in [4.78, 5) is 0. The fourth-order valence-corrected chi connectivity index (χ4v) is 2.78. The van der Waals surface area contributed by atoms with Crippen molar-refractivity contribution in [3.63, 3.8) is 0 Å². The van der Waals surface area contributed by atoms with Gasteiger partial charge in [0.1, 0.15) is 0 Å². The van der Waals surface area contributed by atoms with E-state index < -0.39 is 0 Å². The number of aromatic nitrogens is 1. The lowest BCUT2D eigenvalue weighted by molar-refractivity contribution is -0.557. The van der Waals surface area contributed by atoms with Crippen LogP contribution in [0.5, 0.6) is 0 Å². The lowest BCUT2D eigenvalue weighted by Crippen LogP contribution is -2.36. The number of pyridine rings is 1. The quantitative estimate of drug-likeness (QED) is 0.479. The molecule has 0 unspecified atom stereocenters. The van der Waals surface area contributed by atoms with Crippen LogP contribution >= 0.6 is 0 Å². The van der Waals surface area contributed by atoms with Crippen LogP contribution in [0, 0.1) is 0 Å². The molecule has 0 atom stereocenters. The Balaban J connectivity index is 2.54. The summed E-state index contributed by atoms with van der Waals surface area (Å²) in [5.74, 6) is 0. The van der Waals surface area contributed by atoms with Crippen LogP contribution in [0.1, 0.15) is 52.1 Å². The first-order valence-electron chi connectivity index (χ1n) is 8.03. The van der Waals surface area contributed by atoms with Gasteiger partial charge in [0.05, 0.1) is 0 Å². The van der Waals surface area contributed by atoms with Gasteiger partial charge < -0.3 is 0 Å². The molecule has 0 amide bonds. The predicted molar refractivity (Wildman–Crippen MR) is 92.9 cm³/mol. The van der Waals surface area contributed by atoms with E-state index in [2.05, 4.69) is 80.0 Å². The van der Waals surface area contributed by atoms with E-state index in [9.17, 15) is 0 Å². The van der Waals surface area contributed by atoms with Crippen molar-refractivity contribution in [1.82, 2.24) is 0 Å². The molecule has 21 heavy (non-hydrogen) atoms. The van der Waals surface area contributed by atoms with Gasteiger partial charge in [0.15, 0.2) is 5.70 Å². The van der Waals surface area contributed by atoms with Gasteiger partial charge in [0.25, 0.3) is 0 Å². The molecule has 1 nitrogen and oxygen atoms in total. The number of fused-ring (bicyclic) bond motifs is 1. The monoisotopic (exact) mass is 280 g/mol. The van der Waals surface area contributed by atoms with Gasteiger partial charge in [-0.2, -0.15) is 4.57 Å². The molecule has 1 heterocycles. The highest BCUT2D eigenvalue weighted by molar-refractivity contribution is 5.77. The van der Waals surface area contributed by atoms with Gasteiger partial charge in [0.2, 0.25) is 11.2 Å². The summed E-state index contributed by atoms with van der Waals surface area (Å²) >= 11 is 0. The van der Waals surface area contributed by atoms with Crippen LogP contribution in [0.2, 0.25) is 0 Å². The van der Waals surface area contributed by atoms with Gasteiger partial charge in [-0.15, -0.1) is 0 Å². The molecule has 1 aromatic carbocycles. The number of allylic oxidation sites excluding steroid dienone is 3. The summed E-state index contributed by atoms with van der Waals surface area (Å²) < 4.78 is 2.41. The van der Waals surface area contributed by atoms with Crippen LogP contribution in [-0.4, -0.2) is 0 Å². The highest BCUT2D eigenvalue weighted by Crippen LogP contribution is 2.17. The first kappa shape index (κ1) is 15.5. The third kappa shape index (κ3) is 3.60. The molecular weight excluding hydrogens is 254 g/mol. The fraction of sp³-hybridized carbons (Fsp3) is 0.350. The van der Waals surface area contributed by atoms with Crippen LogP contribution in [0.25, 0.3) is 22.7 Å². The molecular formula is C20H26N+. The van der Waals surface area contributed by atoms with Crippen molar-refractivity contribution < 1.29 is 4.57 Å². The van der Waals surface area contributed by atoms with Gasteiger partial charge in [0, 0.05) is 30.0 Å². The van der Waals surface area contributed by atoms with E-state index >= 15 is 0 Å². The van der Waals surface area contributed by atoms with Crippen LogP contribution in [0.3, 0.4) is 0 Å². The second kappa shape index (κ2) is 7.78. The summed E-state index contributed by atoms with van der Waals surface area (Å²) in [5, 5.41) is 1.29. The normalized spacial score (nSPS) is 12.4. The summed E-state index contributed by atoms with van der Waals surface area (Å²) in [6.45, 7) is 6.48. The smallest absolute Gasteiger partial charge is 0.158 e. The van der Waals surface area contributed by atoms with Crippen molar-refractivity contribution in [2.75, 3.05) is 0 Å². The van der Waals surface area contributed by atoms with Crippen LogP contribution in [0.4, 0.5) is 0 Å². The first-order chi connectivity index (χ1) is 10.3. The Kier molecular flexibility index (Phi) is 5.74. The number of benzene rings is 1. The summed E-state index contributed by atoms with van der Waals surface area (Å²) in [6, 6.07) is 13.1. The molecule has 0 radical (unpaired) electrons. The van der Waals surface area contributed by atoms with E-state index in [0.29, 0.717) is 0 Å². The van der Waals surface area contributed by atoms with Gasteiger partial charge in [-0.05, 0) is 38.5 Å². The Morgan fingerprint density at radius 3 is 2.57 bits per heavy atom. The van der Waals surface area contributed by atoms with Crippen molar-refractivity contribution in [2.45, 2.75) is 46.5 Å². The molecule has 110 valence electrons. The minimum Gasteiger partial charge on any atom is -0.158 e. The SMILES string of the molecule is CC=Cc1ccc2ccccc2[n+]1C(=CC)CCCCC. The van der Waals surface area contributed by atoms with E-state index in [1.54, 1.807) is 0 Å². The third-order valence-corrected chi connectivity index (χ3v) is 3.86. The topological polar surface area (TPSA) is 3.88 Å². The fourth-order valence-electron chi connectivity index (χ4n) is 2.78. The maximum Gasteiger partial charge on any atom is 0.218 e. The number of hydrogen-bond acceptors (Lipinski definition) is 0. The Morgan fingerprint density at radius 2 is 1.86 bits per heavy atom. The van der Waals surface area contributed by atoms with Crippen molar-refractivity contribution in [1.29, 1.82) is 0 Å². The molecule has 2 rings (SSSR count). The molecule has 0 fully saturated rings. The van der Waals surface area contributed by atoms with Crippen molar-refractivity contribution >= 4 is 22.7 Å². The molecule has 2 aromatic rings. The van der Waals surface area contributed by atoms with Crippen molar-refractivity contribution in [3.8, 4) is 0 Å². The van der Waals surface area contributed by atoms with E-state index in [0.717, 1.165) is 6.42 Å². The van der Waals surface area contributed by atoms with E-state index in [1.165, 1.54) is 41.6 Å². The first-order valence-corrected chi connectivity index (χ1v) is 8.03. The second-order valence-corrected chi connectivity index (χ2v) is 5.39. The number of rotatable bonds is 6. The van der Waals surface area contributed by atoms with Crippen LogP contribution in [-0.2, 0) is 0 Å². The summed E-state index contributed by atoms with van der Waals surface area (Å²) in [5.41, 5.74) is 3.94. The highest BCUT2D eigenvalue weighted by atomic mass is 15.0. The van der Waals surface area contributed by atoms with Gasteiger partial charge >= 0.3 is 0 Å². The maximum absolute atomic E-state index is 2.41. The molecule has 0 saturated heterocycles. The maximum atomic E-state index is 2.41. The Hall–Kier alpha value is -1.89. The molecule has 0 bridgehead atoms. The predicted octanol–water partition coefficient (Wildman–Crippen LogP) is 5.60. The van der Waals surface area contributed by atoms with E-state index in [1.807, 2.05) is 0 Å². The Morgan fingerprint density at radius 1 is 1.05 bits per heavy atom. The average molecular weight is 280 g/mol. The van der Waals surface area contributed by atoms with Gasteiger partial charge in [-0.1, -0.05) is 38.0 Å². The molecule has 0 N–H and O–H groups in total. The zero-order chi connectivity index (χ0) is 15.1. The lowest BCUT2D eigenvalue weighted by Gasteiger charge is -2.07. The Bertz CT molecular complexity index is 650. The largest absolute Gasteiger partial charge is 0.218 e. The van der Waals surface area contributed by atoms with Crippen molar-refractivity contribution in [2.24, 2.45) is 0 Å². The molecule has 1 heteroatoms. The minimum absolute atomic E-state index is 1.13. The second-order valence-electron chi connectivity index (χ2n) is 5.39. The average Bonchev–Trinajstić information content (AvgIpc) is 2.52. The van der Waals surface area contributed by atoms with Gasteiger partial charge in [-0.25, -0.2) is 0 Å². The zero-order valence-corrected chi connectivity index (χ0v) is 13.5. The summed E-state index contributed by atoms with van der Waals surface area (Å²) in [6.07, 6.45) is 11.5. The molecule has 0 saturated carbocycles. The number of hydrogen-bond donors (Lipinski definition) is 0. The minimum atomic E-state index is 1.13.